The third kappa shape index (κ3) is 4.40. The van der Waals surface area contributed by atoms with Crippen LogP contribution in [0.5, 0.6) is 0 Å². The summed E-state index contributed by atoms with van der Waals surface area (Å²) in [7, 11) is 0. The summed E-state index contributed by atoms with van der Waals surface area (Å²) in [6.45, 7) is 6.19. The highest BCUT2D eigenvalue weighted by Gasteiger charge is 2.11. The molecule has 0 aliphatic carbocycles. The van der Waals surface area contributed by atoms with Crippen LogP contribution in [0.15, 0.2) is 40.6 Å². The van der Waals surface area contributed by atoms with Gasteiger partial charge in [0.05, 0.1) is 5.75 Å². The van der Waals surface area contributed by atoms with Gasteiger partial charge in [-0.25, -0.2) is 4.98 Å². The molecule has 2 aromatic rings. The molecule has 0 saturated heterocycles. The lowest BCUT2D eigenvalue weighted by atomic mass is 10.4. The number of thioether (sulfide) groups is 1. The number of amides is 1. The van der Waals surface area contributed by atoms with Crippen molar-refractivity contribution in [3.8, 4) is 0 Å². The molecule has 2 aromatic heterocycles. The molecule has 0 bridgehead atoms. The first-order chi connectivity index (χ1) is 10.1. The molecule has 110 valence electrons. The van der Waals surface area contributed by atoms with E-state index in [1.165, 1.54) is 11.8 Å². The Bertz CT molecular complexity index is 641. The molecule has 0 aromatic carbocycles. The summed E-state index contributed by atoms with van der Waals surface area (Å²) in [5.41, 5.74) is 0. The van der Waals surface area contributed by atoms with Gasteiger partial charge < -0.3 is 9.88 Å². The van der Waals surface area contributed by atoms with E-state index in [4.69, 9.17) is 0 Å². The highest BCUT2D eigenvalue weighted by Crippen LogP contribution is 2.17. The minimum absolute atomic E-state index is 0.138. The molecule has 6 nitrogen and oxygen atoms in total. The number of carbonyl (C=O) groups is 1. The van der Waals surface area contributed by atoms with Gasteiger partial charge in [-0.2, -0.15) is 0 Å². The number of rotatable bonds is 6. The fourth-order valence-corrected chi connectivity index (χ4v) is 2.59. The second-order valence-electron chi connectivity index (χ2n) is 4.13. The molecule has 0 spiro atoms. The SMILES string of the molecule is C=CCn1c(C)nnc1SCC(=O)Nc1ccc(Br)cn1. The Morgan fingerprint density at radius 3 is 3.00 bits per heavy atom. The van der Waals surface area contributed by atoms with E-state index in [-0.39, 0.29) is 11.7 Å². The highest BCUT2D eigenvalue weighted by atomic mass is 79.9. The summed E-state index contributed by atoms with van der Waals surface area (Å²) in [5, 5.41) is 11.5. The normalized spacial score (nSPS) is 10.4. The number of halogens is 1. The molecule has 1 N–H and O–H groups in total. The quantitative estimate of drug-likeness (QED) is 0.627. The number of anilines is 1. The van der Waals surface area contributed by atoms with Crippen molar-refractivity contribution in [2.45, 2.75) is 18.6 Å². The van der Waals surface area contributed by atoms with Crippen LogP contribution in [0.2, 0.25) is 0 Å². The van der Waals surface area contributed by atoms with Crippen molar-refractivity contribution in [2.75, 3.05) is 11.1 Å². The van der Waals surface area contributed by atoms with Crippen LogP contribution in [-0.2, 0) is 11.3 Å². The first-order valence-electron chi connectivity index (χ1n) is 6.15. The number of pyridine rings is 1. The van der Waals surface area contributed by atoms with Gasteiger partial charge in [0.2, 0.25) is 5.91 Å². The van der Waals surface area contributed by atoms with E-state index in [2.05, 4.69) is 43.0 Å². The molecule has 0 radical (unpaired) electrons. The molecule has 0 saturated carbocycles. The minimum Gasteiger partial charge on any atom is -0.310 e. The Labute approximate surface area is 135 Å². The molecular weight excluding hydrogens is 354 g/mol. The minimum atomic E-state index is -0.138. The average Bonchev–Trinajstić information content (AvgIpc) is 2.81. The van der Waals surface area contributed by atoms with E-state index >= 15 is 0 Å². The van der Waals surface area contributed by atoms with Crippen LogP contribution in [0, 0.1) is 6.92 Å². The first-order valence-corrected chi connectivity index (χ1v) is 7.93. The summed E-state index contributed by atoms with van der Waals surface area (Å²) < 4.78 is 2.77. The molecule has 0 aliphatic heterocycles. The number of nitrogens with zero attached hydrogens (tertiary/aromatic N) is 4. The molecule has 1 amide bonds. The fraction of sp³-hybridized carbons (Fsp3) is 0.231. The van der Waals surface area contributed by atoms with Crippen LogP contribution in [-0.4, -0.2) is 31.4 Å². The third-order valence-electron chi connectivity index (χ3n) is 2.54. The lowest BCUT2D eigenvalue weighted by molar-refractivity contribution is -0.113. The summed E-state index contributed by atoms with van der Waals surface area (Å²) in [4.78, 5) is 16.0. The largest absolute Gasteiger partial charge is 0.310 e. The number of nitrogens with one attached hydrogen (secondary N) is 1. The zero-order valence-electron chi connectivity index (χ0n) is 11.4. The van der Waals surface area contributed by atoms with Gasteiger partial charge >= 0.3 is 0 Å². The van der Waals surface area contributed by atoms with E-state index in [0.29, 0.717) is 17.5 Å². The molecule has 0 aliphatic rings. The molecule has 0 fully saturated rings. The summed E-state index contributed by atoms with van der Waals surface area (Å²) in [6, 6.07) is 3.55. The Balaban J connectivity index is 1.92. The average molecular weight is 368 g/mol. The van der Waals surface area contributed by atoms with Gasteiger partial charge in [0.1, 0.15) is 11.6 Å². The van der Waals surface area contributed by atoms with Crippen molar-refractivity contribution in [1.82, 2.24) is 19.7 Å². The van der Waals surface area contributed by atoms with Gasteiger partial charge in [-0.15, -0.1) is 16.8 Å². The predicted molar refractivity (Wildman–Crippen MR) is 86.2 cm³/mol. The van der Waals surface area contributed by atoms with Gasteiger partial charge in [0, 0.05) is 17.2 Å². The van der Waals surface area contributed by atoms with Crippen LogP contribution >= 0.6 is 27.7 Å². The maximum Gasteiger partial charge on any atom is 0.236 e. The van der Waals surface area contributed by atoms with E-state index in [9.17, 15) is 4.79 Å². The van der Waals surface area contributed by atoms with E-state index in [1.54, 1.807) is 18.3 Å². The summed E-state index contributed by atoms with van der Waals surface area (Å²) in [6.07, 6.45) is 3.40. The van der Waals surface area contributed by atoms with Crippen LogP contribution < -0.4 is 5.32 Å². The number of allylic oxidation sites excluding steroid dienone is 1. The molecule has 8 heteroatoms. The number of aryl methyl sites for hydroxylation is 1. The van der Waals surface area contributed by atoms with Crippen LogP contribution in [0.3, 0.4) is 0 Å². The van der Waals surface area contributed by atoms with Gasteiger partial charge in [-0.1, -0.05) is 17.8 Å². The fourth-order valence-electron chi connectivity index (χ4n) is 1.57. The Morgan fingerprint density at radius 2 is 2.33 bits per heavy atom. The van der Waals surface area contributed by atoms with Crippen molar-refractivity contribution in [3.05, 3.63) is 41.3 Å². The topological polar surface area (TPSA) is 72.7 Å². The zero-order chi connectivity index (χ0) is 15.2. The number of hydrogen-bond acceptors (Lipinski definition) is 5. The van der Waals surface area contributed by atoms with Crippen molar-refractivity contribution >= 4 is 39.4 Å². The number of aromatic nitrogens is 4. The highest BCUT2D eigenvalue weighted by molar-refractivity contribution is 9.10. The van der Waals surface area contributed by atoms with Crippen LogP contribution in [0.4, 0.5) is 5.82 Å². The molecule has 2 heterocycles. The maximum absolute atomic E-state index is 11.9. The lowest BCUT2D eigenvalue weighted by Gasteiger charge is -2.06. The summed E-state index contributed by atoms with van der Waals surface area (Å²) in [5.74, 6) is 1.42. The second kappa shape index (κ2) is 7.37. The van der Waals surface area contributed by atoms with Gasteiger partial charge in [-0.05, 0) is 35.0 Å². The molecule has 2 rings (SSSR count). The third-order valence-corrected chi connectivity index (χ3v) is 3.98. The van der Waals surface area contributed by atoms with Crippen molar-refractivity contribution in [2.24, 2.45) is 0 Å². The Kier molecular flexibility index (Phi) is 5.51. The monoisotopic (exact) mass is 367 g/mol. The number of hydrogen-bond donors (Lipinski definition) is 1. The molecular formula is C13H14BrN5OS. The van der Waals surface area contributed by atoms with E-state index in [1.807, 2.05) is 17.6 Å². The van der Waals surface area contributed by atoms with Crippen molar-refractivity contribution in [3.63, 3.8) is 0 Å². The van der Waals surface area contributed by atoms with E-state index in [0.717, 1.165) is 10.3 Å². The number of carbonyl (C=O) groups excluding carboxylic acids is 1. The van der Waals surface area contributed by atoms with Crippen molar-refractivity contribution in [1.29, 1.82) is 0 Å². The lowest BCUT2D eigenvalue weighted by Crippen LogP contribution is -2.15. The van der Waals surface area contributed by atoms with Gasteiger partial charge in [-0.3, -0.25) is 4.79 Å². The maximum atomic E-state index is 11.9. The second-order valence-corrected chi connectivity index (χ2v) is 5.99. The Hall–Kier alpha value is -1.67. The molecule has 21 heavy (non-hydrogen) atoms. The summed E-state index contributed by atoms with van der Waals surface area (Å²) >= 11 is 4.62. The first kappa shape index (κ1) is 15.7. The standard InChI is InChI=1S/C13H14BrN5OS/c1-3-6-19-9(2)17-18-13(19)21-8-12(20)16-11-5-4-10(14)7-15-11/h3-5,7H,1,6,8H2,2H3,(H,15,16,20). The predicted octanol–water partition coefficient (Wildman–Crippen LogP) is 2.66. The van der Waals surface area contributed by atoms with Gasteiger partial charge in [0.15, 0.2) is 5.16 Å². The molecule has 0 unspecified atom stereocenters. The zero-order valence-corrected chi connectivity index (χ0v) is 13.8. The molecule has 0 atom stereocenters. The van der Waals surface area contributed by atoms with E-state index < -0.39 is 0 Å². The Morgan fingerprint density at radius 1 is 1.52 bits per heavy atom. The van der Waals surface area contributed by atoms with Crippen LogP contribution in [0.25, 0.3) is 0 Å². The van der Waals surface area contributed by atoms with Crippen LogP contribution in [0.1, 0.15) is 5.82 Å². The smallest absolute Gasteiger partial charge is 0.236 e. The van der Waals surface area contributed by atoms with Gasteiger partial charge in [0.25, 0.3) is 0 Å². The van der Waals surface area contributed by atoms with Crippen molar-refractivity contribution < 1.29 is 4.79 Å².